The van der Waals surface area contributed by atoms with Crippen LogP contribution in [0.2, 0.25) is 0 Å². The number of hydrogen-bond acceptors (Lipinski definition) is 1. The zero-order chi connectivity index (χ0) is 13.4. The average Bonchev–Trinajstić information content (AvgIpc) is 2.28. The summed E-state index contributed by atoms with van der Waals surface area (Å²) in [4.78, 5) is 0. The van der Waals surface area contributed by atoms with E-state index >= 15 is 0 Å². The molecule has 0 atom stereocenters. The molecule has 18 heavy (non-hydrogen) atoms. The fourth-order valence-corrected chi connectivity index (χ4v) is 2.65. The highest BCUT2D eigenvalue weighted by Gasteiger charge is 2.45. The van der Waals surface area contributed by atoms with Crippen LogP contribution >= 0.6 is 0 Å². The van der Waals surface area contributed by atoms with Gasteiger partial charge in [0.2, 0.25) is 0 Å². The van der Waals surface area contributed by atoms with E-state index in [1.807, 2.05) is 25.1 Å². The first-order valence-corrected chi connectivity index (χ1v) is 6.17. The van der Waals surface area contributed by atoms with Crippen LogP contribution < -0.4 is 0 Å². The molecule has 1 N–H and O–H groups in total. The van der Waals surface area contributed by atoms with E-state index in [0.717, 1.165) is 11.1 Å². The molecule has 0 radical (unpaired) electrons. The number of hydrogen-bond donors (Lipinski definition) is 1. The van der Waals surface area contributed by atoms with Gasteiger partial charge in [-0.1, -0.05) is 29.8 Å². The van der Waals surface area contributed by atoms with Gasteiger partial charge in [0.15, 0.2) is 0 Å². The van der Waals surface area contributed by atoms with Crippen molar-refractivity contribution in [1.29, 1.82) is 0 Å². The van der Waals surface area contributed by atoms with Crippen LogP contribution in [0.15, 0.2) is 24.3 Å². The molecule has 4 heteroatoms. The summed E-state index contributed by atoms with van der Waals surface area (Å²) in [6.07, 6.45) is -3.75. The van der Waals surface area contributed by atoms with E-state index in [1.54, 1.807) is 6.07 Å². The molecule has 0 amide bonds. The molecular formula is C14H17F3O. The Kier molecular flexibility index (Phi) is 3.41. The van der Waals surface area contributed by atoms with Gasteiger partial charge in [-0.25, -0.2) is 0 Å². The van der Waals surface area contributed by atoms with Gasteiger partial charge in [-0.2, -0.15) is 13.2 Å². The number of halogens is 3. The zero-order valence-electron chi connectivity index (χ0n) is 10.3. The zero-order valence-corrected chi connectivity index (χ0v) is 10.3. The molecule has 0 aromatic heterocycles. The van der Waals surface area contributed by atoms with Crippen molar-refractivity contribution in [2.45, 2.75) is 44.4 Å². The van der Waals surface area contributed by atoms with Gasteiger partial charge in [-0.05, 0) is 38.2 Å². The maximum Gasteiger partial charge on any atom is 0.391 e. The fraction of sp³-hybridized carbons (Fsp3) is 0.571. The predicted molar refractivity (Wildman–Crippen MR) is 63.1 cm³/mol. The molecule has 1 aromatic carbocycles. The summed E-state index contributed by atoms with van der Waals surface area (Å²) < 4.78 is 37.7. The number of benzene rings is 1. The van der Waals surface area contributed by atoms with E-state index in [2.05, 4.69) is 0 Å². The van der Waals surface area contributed by atoms with Crippen LogP contribution in [0.5, 0.6) is 0 Å². The number of aliphatic hydroxyl groups is 1. The van der Waals surface area contributed by atoms with Gasteiger partial charge in [0, 0.05) is 0 Å². The Morgan fingerprint density at radius 1 is 1.22 bits per heavy atom. The lowest BCUT2D eigenvalue weighted by Gasteiger charge is -2.37. The van der Waals surface area contributed by atoms with Crippen molar-refractivity contribution in [3.05, 3.63) is 35.4 Å². The van der Waals surface area contributed by atoms with Crippen molar-refractivity contribution < 1.29 is 18.3 Å². The predicted octanol–water partition coefficient (Wildman–Crippen LogP) is 3.94. The van der Waals surface area contributed by atoms with Crippen molar-refractivity contribution in [3.63, 3.8) is 0 Å². The number of alkyl halides is 3. The second kappa shape index (κ2) is 4.57. The number of aryl methyl sites for hydroxylation is 1. The fourth-order valence-electron chi connectivity index (χ4n) is 2.65. The van der Waals surface area contributed by atoms with Crippen LogP contribution in [0.1, 0.15) is 36.8 Å². The topological polar surface area (TPSA) is 20.2 Å². The van der Waals surface area contributed by atoms with Crippen LogP contribution in [-0.4, -0.2) is 11.3 Å². The molecule has 0 spiro atoms. The third kappa shape index (κ3) is 2.69. The molecule has 0 heterocycles. The lowest BCUT2D eigenvalue weighted by molar-refractivity contribution is -0.193. The molecule has 0 unspecified atom stereocenters. The minimum atomic E-state index is -4.13. The Morgan fingerprint density at radius 2 is 1.83 bits per heavy atom. The minimum absolute atomic E-state index is 0.00788. The smallest absolute Gasteiger partial charge is 0.385 e. The summed E-state index contributed by atoms with van der Waals surface area (Å²) in [7, 11) is 0. The summed E-state index contributed by atoms with van der Waals surface area (Å²) >= 11 is 0. The molecule has 1 aromatic rings. The van der Waals surface area contributed by atoms with Crippen molar-refractivity contribution >= 4 is 0 Å². The Balaban J connectivity index is 2.12. The van der Waals surface area contributed by atoms with E-state index < -0.39 is 17.7 Å². The van der Waals surface area contributed by atoms with Gasteiger partial charge >= 0.3 is 6.18 Å². The first-order valence-electron chi connectivity index (χ1n) is 6.17. The van der Waals surface area contributed by atoms with Gasteiger partial charge in [-0.3, -0.25) is 0 Å². The maximum absolute atomic E-state index is 12.6. The van der Waals surface area contributed by atoms with Crippen molar-refractivity contribution in [2.24, 2.45) is 5.92 Å². The third-order valence-corrected chi connectivity index (χ3v) is 3.83. The second-order valence-electron chi connectivity index (χ2n) is 5.22. The second-order valence-corrected chi connectivity index (χ2v) is 5.22. The molecule has 0 aliphatic heterocycles. The molecule has 100 valence electrons. The highest BCUT2D eigenvalue weighted by atomic mass is 19.4. The Bertz CT molecular complexity index is 417. The standard InChI is InChI=1S/C14H17F3O/c1-10-3-2-4-12(9-10)13(18)7-5-11(6-8-13)14(15,16)17/h2-4,9,11,18H,5-8H2,1H3. The van der Waals surface area contributed by atoms with Gasteiger partial charge in [-0.15, -0.1) is 0 Å². The molecule has 1 fully saturated rings. The Morgan fingerprint density at radius 3 is 2.33 bits per heavy atom. The highest BCUT2D eigenvalue weighted by Crippen LogP contribution is 2.45. The monoisotopic (exact) mass is 258 g/mol. The van der Waals surface area contributed by atoms with E-state index in [1.165, 1.54) is 0 Å². The van der Waals surface area contributed by atoms with Crippen LogP contribution in [0, 0.1) is 12.8 Å². The first-order chi connectivity index (χ1) is 8.31. The highest BCUT2D eigenvalue weighted by molar-refractivity contribution is 5.27. The summed E-state index contributed by atoms with van der Waals surface area (Å²) in [6.45, 7) is 1.91. The Hall–Kier alpha value is -1.03. The molecule has 1 nitrogen and oxygen atoms in total. The van der Waals surface area contributed by atoms with Crippen molar-refractivity contribution in [2.75, 3.05) is 0 Å². The SMILES string of the molecule is Cc1cccc(C2(O)CCC(C(F)(F)F)CC2)c1. The molecule has 1 saturated carbocycles. The lowest BCUT2D eigenvalue weighted by Crippen LogP contribution is -2.36. The summed E-state index contributed by atoms with van der Waals surface area (Å²) in [5.41, 5.74) is 0.662. The van der Waals surface area contributed by atoms with Crippen LogP contribution in [0.25, 0.3) is 0 Å². The van der Waals surface area contributed by atoms with E-state index in [-0.39, 0.29) is 25.7 Å². The van der Waals surface area contributed by atoms with Crippen LogP contribution in [0.4, 0.5) is 13.2 Å². The molecule has 0 saturated heterocycles. The maximum atomic E-state index is 12.6. The third-order valence-electron chi connectivity index (χ3n) is 3.83. The molecule has 0 bridgehead atoms. The molecule has 1 aliphatic rings. The van der Waals surface area contributed by atoms with E-state index in [4.69, 9.17) is 0 Å². The van der Waals surface area contributed by atoms with Gasteiger partial charge in [0.1, 0.15) is 0 Å². The Labute approximate surface area is 105 Å². The van der Waals surface area contributed by atoms with Crippen molar-refractivity contribution in [3.8, 4) is 0 Å². The molecular weight excluding hydrogens is 241 g/mol. The van der Waals surface area contributed by atoms with Gasteiger partial charge in [0.25, 0.3) is 0 Å². The largest absolute Gasteiger partial charge is 0.391 e. The summed E-state index contributed by atoms with van der Waals surface area (Å²) in [5.74, 6) is -1.26. The summed E-state index contributed by atoms with van der Waals surface area (Å²) in [6, 6.07) is 7.39. The normalized spacial score (nSPS) is 29.3. The van der Waals surface area contributed by atoms with E-state index in [9.17, 15) is 18.3 Å². The molecule has 1 aliphatic carbocycles. The van der Waals surface area contributed by atoms with Gasteiger partial charge in [0.05, 0.1) is 11.5 Å². The van der Waals surface area contributed by atoms with Gasteiger partial charge < -0.3 is 5.11 Å². The van der Waals surface area contributed by atoms with Crippen molar-refractivity contribution in [1.82, 2.24) is 0 Å². The van der Waals surface area contributed by atoms with Crippen LogP contribution in [-0.2, 0) is 5.60 Å². The molecule has 2 rings (SSSR count). The van der Waals surface area contributed by atoms with E-state index in [0.29, 0.717) is 0 Å². The lowest BCUT2D eigenvalue weighted by atomic mass is 9.75. The number of rotatable bonds is 1. The minimum Gasteiger partial charge on any atom is -0.385 e. The first kappa shape index (κ1) is 13.4. The quantitative estimate of drug-likeness (QED) is 0.809. The summed E-state index contributed by atoms with van der Waals surface area (Å²) in [5, 5.41) is 10.5. The van der Waals surface area contributed by atoms with Crippen LogP contribution in [0.3, 0.4) is 0 Å². The average molecular weight is 258 g/mol.